The van der Waals surface area contributed by atoms with Crippen LogP contribution in [-0.2, 0) is 21.5 Å². The van der Waals surface area contributed by atoms with E-state index in [2.05, 4.69) is 30.6 Å². The van der Waals surface area contributed by atoms with Gasteiger partial charge in [-0.3, -0.25) is 24.3 Å². The number of methoxy groups -OCH3 is 1. The highest BCUT2D eigenvalue weighted by Gasteiger charge is 2.35. The zero-order chi connectivity index (χ0) is 32.2. The summed E-state index contributed by atoms with van der Waals surface area (Å²) in [5.74, 6) is -4.32. The normalized spacial score (nSPS) is 12.1. The zero-order valence-electron chi connectivity index (χ0n) is 24.6. The fourth-order valence-electron chi connectivity index (χ4n) is 4.44. The lowest BCUT2D eigenvalue weighted by molar-refractivity contribution is -0.122. The van der Waals surface area contributed by atoms with Gasteiger partial charge in [0, 0.05) is 11.6 Å². The predicted octanol–water partition coefficient (Wildman–Crippen LogP) is 4.10. The number of nitrogens with one attached hydrogen (secondary N) is 2. The number of anilines is 1. The van der Waals surface area contributed by atoms with Crippen molar-refractivity contribution in [2.75, 3.05) is 12.4 Å². The van der Waals surface area contributed by atoms with Gasteiger partial charge in [0.15, 0.2) is 0 Å². The summed E-state index contributed by atoms with van der Waals surface area (Å²) in [5, 5.41) is 12.6. The van der Waals surface area contributed by atoms with Gasteiger partial charge in [0.25, 0.3) is 11.4 Å². The molecule has 0 aliphatic heterocycles. The molecule has 230 valence electrons. The van der Waals surface area contributed by atoms with E-state index in [0.717, 1.165) is 23.8 Å². The van der Waals surface area contributed by atoms with Crippen molar-refractivity contribution in [2.24, 2.45) is 5.92 Å². The van der Waals surface area contributed by atoms with Gasteiger partial charge in [-0.15, -0.1) is 10.2 Å². The number of nitrogens with zero attached hydrogens (tertiary/aromatic N) is 4. The van der Waals surface area contributed by atoms with Crippen molar-refractivity contribution in [1.29, 1.82) is 0 Å². The summed E-state index contributed by atoms with van der Waals surface area (Å²) in [7, 11) is 1.12. The Labute approximate surface area is 250 Å². The third-order valence-electron chi connectivity index (χ3n) is 6.87. The second-order valence-electron chi connectivity index (χ2n) is 10.7. The average molecular weight is 609 g/mol. The SMILES string of the molecule is COC(=O)Nc1ncc(-c2ccccc2)n(CC(=O)N[C@@H](C(=O)c2nnc(C(C)(C)c3ccc(F)cc3F)o2)C(C)C)c1=O. The largest absolute Gasteiger partial charge is 0.453 e. The number of Topliss-reactive ketones (excluding diaryl/α,β-unsaturated/α-hetero) is 1. The van der Waals surface area contributed by atoms with Gasteiger partial charge in [-0.05, 0) is 31.4 Å². The van der Waals surface area contributed by atoms with Crippen LogP contribution >= 0.6 is 0 Å². The molecule has 4 aromatic rings. The summed E-state index contributed by atoms with van der Waals surface area (Å²) < 4.78 is 39.3. The highest BCUT2D eigenvalue weighted by molar-refractivity contribution is 5.98. The number of carbonyl (C=O) groups is 3. The molecule has 0 fully saturated rings. The van der Waals surface area contributed by atoms with E-state index < -0.39 is 64.8 Å². The van der Waals surface area contributed by atoms with Crippen LogP contribution in [-0.4, -0.2) is 50.7 Å². The van der Waals surface area contributed by atoms with Gasteiger partial charge in [-0.2, -0.15) is 0 Å². The predicted molar refractivity (Wildman–Crippen MR) is 154 cm³/mol. The fourth-order valence-corrected chi connectivity index (χ4v) is 4.44. The van der Waals surface area contributed by atoms with Gasteiger partial charge in [0.2, 0.25) is 23.4 Å². The van der Waals surface area contributed by atoms with Gasteiger partial charge in [0.1, 0.15) is 18.2 Å². The average Bonchev–Trinajstić information content (AvgIpc) is 3.49. The molecule has 12 nitrogen and oxygen atoms in total. The lowest BCUT2D eigenvalue weighted by atomic mass is 9.84. The van der Waals surface area contributed by atoms with Gasteiger partial charge >= 0.3 is 6.09 Å². The van der Waals surface area contributed by atoms with Crippen molar-refractivity contribution in [2.45, 2.75) is 45.7 Å². The highest BCUT2D eigenvalue weighted by Crippen LogP contribution is 2.33. The number of carbonyl (C=O) groups excluding carboxylic acids is 3. The minimum Gasteiger partial charge on any atom is -0.453 e. The molecule has 0 spiro atoms. The van der Waals surface area contributed by atoms with Crippen LogP contribution in [0.5, 0.6) is 0 Å². The number of hydrogen-bond acceptors (Lipinski definition) is 9. The van der Waals surface area contributed by atoms with Crippen molar-refractivity contribution >= 4 is 23.6 Å². The van der Waals surface area contributed by atoms with E-state index in [-0.39, 0.29) is 23.0 Å². The van der Waals surface area contributed by atoms with Gasteiger partial charge in [-0.25, -0.2) is 18.6 Å². The summed E-state index contributed by atoms with van der Waals surface area (Å²) in [4.78, 5) is 55.8. The number of hydrogen-bond donors (Lipinski definition) is 2. The standard InChI is InChI=1S/C30H30F2N6O6/c1-16(2)23(24(40)26-36-37-28(44-26)30(3,4)19-12-11-18(31)13-20(19)32)34-22(39)15-38-21(17-9-7-6-8-10-17)14-33-25(27(38)41)35-29(42)43-5/h6-14,16,23H,15H2,1-5H3,(H,34,39)(H,33,35,42)/t23-/m1/s1. The van der Waals surface area contributed by atoms with E-state index in [0.29, 0.717) is 5.56 Å². The topological polar surface area (TPSA) is 158 Å². The lowest BCUT2D eigenvalue weighted by Gasteiger charge is -2.22. The van der Waals surface area contributed by atoms with Crippen LogP contribution in [0.1, 0.15) is 49.8 Å². The molecule has 0 bridgehead atoms. The summed E-state index contributed by atoms with van der Waals surface area (Å²) in [6, 6.07) is 10.6. The summed E-state index contributed by atoms with van der Waals surface area (Å²) in [6.07, 6.45) is 0.402. The second kappa shape index (κ2) is 12.9. The Morgan fingerprint density at radius 1 is 1.07 bits per heavy atom. The molecule has 2 aromatic heterocycles. The third kappa shape index (κ3) is 6.69. The molecule has 2 heterocycles. The summed E-state index contributed by atoms with van der Waals surface area (Å²) >= 11 is 0. The molecule has 0 aliphatic rings. The lowest BCUT2D eigenvalue weighted by Crippen LogP contribution is -2.46. The van der Waals surface area contributed by atoms with Crippen LogP contribution in [0.4, 0.5) is 19.4 Å². The second-order valence-corrected chi connectivity index (χ2v) is 10.7. The number of amides is 2. The van der Waals surface area contributed by atoms with Crippen LogP contribution in [0.3, 0.4) is 0 Å². The van der Waals surface area contributed by atoms with E-state index >= 15 is 0 Å². The molecule has 44 heavy (non-hydrogen) atoms. The highest BCUT2D eigenvalue weighted by atomic mass is 19.1. The summed E-state index contributed by atoms with van der Waals surface area (Å²) in [6.45, 7) is 5.98. The van der Waals surface area contributed by atoms with E-state index in [9.17, 15) is 28.0 Å². The van der Waals surface area contributed by atoms with Crippen molar-refractivity contribution in [3.05, 3.63) is 94.1 Å². The number of halogens is 2. The number of ether oxygens (including phenoxy) is 1. The molecule has 0 saturated heterocycles. The molecular weight excluding hydrogens is 578 g/mol. The summed E-state index contributed by atoms with van der Waals surface area (Å²) in [5.41, 5.74) is -1.06. The Hall–Kier alpha value is -5.27. The number of rotatable bonds is 10. The molecule has 0 radical (unpaired) electrons. The Morgan fingerprint density at radius 2 is 1.77 bits per heavy atom. The number of ketones is 1. The van der Waals surface area contributed by atoms with Gasteiger partial charge < -0.3 is 14.5 Å². The molecule has 0 aliphatic carbocycles. The van der Waals surface area contributed by atoms with Crippen molar-refractivity contribution in [3.63, 3.8) is 0 Å². The first-order chi connectivity index (χ1) is 20.8. The maximum atomic E-state index is 14.5. The minimum absolute atomic E-state index is 0.0772. The Bertz CT molecular complexity index is 1750. The molecule has 2 N–H and O–H groups in total. The quantitative estimate of drug-likeness (QED) is 0.253. The first kappa shape index (κ1) is 31.7. The Morgan fingerprint density at radius 3 is 2.41 bits per heavy atom. The molecule has 0 unspecified atom stereocenters. The van der Waals surface area contributed by atoms with E-state index in [1.807, 2.05) is 0 Å². The van der Waals surface area contributed by atoms with Crippen molar-refractivity contribution < 1.29 is 32.3 Å². The Balaban J connectivity index is 1.60. The molecule has 2 amide bonds. The van der Waals surface area contributed by atoms with E-state index in [4.69, 9.17) is 4.42 Å². The Kier molecular flexibility index (Phi) is 9.31. The maximum Gasteiger partial charge on any atom is 0.412 e. The van der Waals surface area contributed by atoms with Crippen molar-refractivity contribution in [1.82, 2.24) is 25.1 Å². The minimum atomic E-state index is -1.22. The molecule has 2 aromatic carbocycles. The van der Waals surface area contributed by atoms with Crippen LogP contribution in [0, 0.1) is 17.6 Å². The van der Waals surface area contributed by atoms with Crippen molar-refractivity contribution in [3.8, 4) is 11.3 Å². The van der Waals surface area contributed by atoms with Gasteiger partial charge in [0.05, 0.1) is 30.5 Å². The van der Waals surface area contributed by atoms with Crippen LogP contribution in [0.25, 0.3) is 11.3 Å². The first-order valence-electron chi connectivity index (χ1n) is 13.5. The van der Waals surface area contributed by atoms with E-state index in [1.54, 1.807) is 58.0 Å². The van der Waals surface area contributed by atoms with Crippen LogP contribution < -0.4 is 16.2 Å². The molecular formula is C30H30F2N6O6. The van der Waals surface area contributed by atoms with E-state index in [1.165, 1.54) is 12.3 Å². The molecule has 1 atom stereocenters. The zero-order valence-corrected chi connectivity index (χ0v) is 24.6. The smallest absolute Gasteiger partial charge is 0.412 e. The molecule has 14 heteroatoms. The first-order valence-corrected chi connectivity index (χ1v) is 13.5. The third-order valence-corrected chi connectivity index (χ3v) is 6.87. The van der Waals surface area contributed by atoms with Gasteiger partial charge in [-0.1, -0.05) is 50.2 Å². The molecule has 0 saturated carbocycles. The monoisotopic (exact) mass is 608 g/mol. The fraction of sp³-hybridized carbons (Fsp3) is 0.300. The number of aromatic nitrogens is 4. The molecule has 4 rings (SSSR count). The van der Waals surface area contributed by atoms with Crippen LogP contribution in [0.15, 0.2) is 63.9 Å². The number of benzene rings is 2. The maximum absolute atomic E-state index is 14.5. The van der Waals surface area contributed by atoms with Crippen LogP contribution in [0.2, 0.25) is 0 Å².